The molecule has 0 atom stereocenters. The van der Waals surface area contributed by atoms with Crippen molar-refractivity contribution in [1.29, 1.82) is 0 Å². The first-order valence-electron chi connectivity index (χ1n) is 10.4. The zero-order valence-electron chi connectivity index (χ0n) is 16.4. The first-order valence-corrected chi connectivity index (χ1v) is 10.8. The molecule has 1 aliphatic carbocycles. The summed E-state index contributed by atoms with van der Waals surface area (Å²) < 4.78 is 0. The van der Waals surface area contributed by atoms with Crippen molar-refractivity contribution in [2.75, 3.05) is 13.1 Å². The minimum Gasteiger partial charge on any atom is -0.361 e. The van der Waals surface area contributed by atoms with E-state index in [1.165, 1.54) is 47.7 Å². The van der Waals surface area contributed by atoms with Crippen molar-refractivity contribution in [3.8, 4) is 0 Å². The van der Waals surface area contributed by atoms with Crippen molar-refractivity contribution in [2.45, 2.75) is 38.8 Å². The van der Waals surface area contributed by atoms with Gasteiger partial charge in [-0.1, -0.05) is 29.8 Å². The van der Waals surface area contributed by atoms with Crippen molar-refractivity contribution in [1.82, 2.24) is 9.88 Å². The minimum atomic E-state index is 0.733. The van der Waals surface area contributed by atoms with Crippen molar-refractivity contribution >= 4 is 22.5 Å². The number of hydrogen-bond acceptors (Lipinski definition) is 2. The molecule has 0 saturated heterocycles. The number of hydrogen-bond donors (Lipinski definition) is 2. The van der Waals surface area contributed by atoms with Gasteiger partial charge >= 0.3 is 0 Å². The molecule has 1 saturated carbocycles. The third-order valence-corrected chi connectivity index (χ3v) is 6.41. The molecular formula is C24H30ClN3. The van der Waals surface area contributed by atoms with Crippen LogP contribution in [0, 0.1) is 11.8 Å². The summed E-state index contributed by atoms with van der Waals surface area (Å²) in [5.41, 5.74) is 9.78. The van der Waals surface area contributed by atoms with E-state index in [-0.39, 0.29) is 0 Å². The molecule has 28 heavy (non-hydrogen) atoms. The molecular weight excluding hydrogens is 366 g/mol. The van der Waals surface area contributed by atoms with E-state index in [2.05, 4.69) is 46.3 Å². The Morgan fingerprint density at radius 1 is 0.893 bits per heavy atom. The summed E-state index contributed by atoms with van der Waals surface area (Å²) in [4.78, 5) is 5.89. The van der Waals surface area contributed by atoms with Crippen molar-refractivity contribution in [3.05, 3.63) is 70.9 Å². The van der Waals surface area contributed by atoms with Crippen LogP contribution in [-0.2, 0) is 13.1 Å². The maximum atomic E-state index is 6.08. The van der Waals surface area contributed by atoms with E-state index in [4.69, 9.17) is 17.3 Å². The van der Waals surface area contributed by atoms with E-state index in [9.17, 15) is 0 Å². The topological polar surface area (TPSA) is 45.0 Å². The van der Waals surface area contributed by atoms with Gasteiger partial charge in [0.25, 0.3) is 0 Å². The Balaban J connectivity index is 1.47. The lowest BCUT2D eigenvalue weighted by Crippen LogP contribution is -2.32. The van der Waals surface area contributed by atoms with E-state index in [0.717, 1.165) is 43.0 Å². The van der Waals surface area contributed by atoms with E-state index >= 15 is 0 Å². The lowest BCUT2D eigenvalue weighted by Gasteiger charge is -2.32. The number of aromatic nitrogens is 1. The zero-order valence-corrected chi connectivity index (χ0v) is 17.2. The van der Waals surface area contributed by atoms with Crippen LogP contribution in [0.3, 0.4) is 0 Å². The number of halogens is 1. The third-order valence-electron chi connectivity index (χ3n) is 6.16. The summed E-state index contributed by atoms with van der Waals surface area (Å²) in [6.45, 7) is 3.92. The van der Waals surface area contributed by atoms with Crippen LogP contribution in [0.5, 0.6) is 0 Å². The molecule has 1 fully saturated rings. The van der Waals surface area contributed by atoms with Gasteiger partial charge in [0.1, 0.15) is 0 Å². The summed E-state index contributed by atoms with van der Waals surface area (Å²) in [6.07, 6.45) is 7.18. The van der Waals surface area contributed by atoms with Gasteiger partial charge in [0.2, 0.25) is 0 Å². The standard InChI is InChI=1S/C24H30ClN3/c25-23-8-5-20(6-9-23)16-28(15-19-3-1-18(14-26)2-4-19)17-21-7-10-24-22(13-21)11-12-27-24/h5-13,18-19,27H,1-4,14-17,26H2. The number of aromatic amines is 1. The van der Waals surface area contributed by atoms with Crippen LogP contribution in [0.25, 0.3) is 10.9 Å². The fourth-order valence-electron chi connectivity index (χ4n) is 4.51. The third kappa shape index (κ3) is 4.96. The fourth-order valence-corrected chi connectivity index (χ4v) is 4.63. The highest BCUT2D eigenvalue weighted by atomic mass is 35.5. The highest BCUT2D eigenvalue weighted by molar-refractivity contribution is 6.30. The molecule has 1 aliphatic rings. The van der Waals surface area contributed by atoms with E-state index in [1.807, 2.05) is 18.3 Å². The Morgan fingerprint density at radius 2 is 1.57 bits per heavy atom. The summed E-state index contributed by atoms with van der Waals surface area (Å²) in [5, 5.41) is 2.08. The summed E-state index contributed by atoms with van der Waals surface area (Å²) >= 11 is 6.08. The molecule has 0 amide bonds. The van der Waals surface area contributed by atoms with Crippen LogP contribution in [0.4, 0.5) is 0 Å². The molecule has 0 radical (unpaired) electrons. The first kappa shape index (κ1) is 19.5. The highest BCUT2D eigenvalue weighted by Crippen LogP contribution is 2.29. The summed E-state index contributed by atoms with van der Waals surface area (Å²) in [6, 6.07) is 17.2. The zero-order chi connectivity index (χ0) is 19.3. The Morgan fingerprint density at radius 3 is 2.32 bits per heavy atom. The van der Waals surface area contributed by atoms with E-state index < -0.39 is 0 Å². The average molecular weight is 396 g/mol. The monoisotopic (exact) mass is 395 g/mol. The maximum absolute atomic E-state index is 6.08. The molecule has 4 rings (SSSR count). The fraction of sp³-hybridized carbons (Fsp3) is 0.417. The Bertz CT molecular complexity index is 878. The van der Waals surface area contributed by atoms with E-state index in [1.54, 1.807) is 0 Å². The second-order valence-corrected chi connectivity index (χ2v) is 8.75. The highest BCUT2D eigenvalue weighted by Gasteiger charge is 2.22. The Kier molecular flexibility index (Phi) is 6.36. The second-order valence-electron chi connectivity index (χ2n) is 8.32. The van der Waals surface area contributed by atoms with Gasteiger partial charge in [-0.15, -0.1) is 0 Å². The van der Waals surface area contributed by atoms with Gasteiger partial charge < -0.3 is 10.7 Å². The van der Waals surface area contributed by atoms with Crippen LogP contribution in [0.2, 0.25) is 5.02 Å². The van der Waals surface area contributed by atoms with Crippen LogP contribution in [-0.4, -0.2) is 23.0 Å². The van der Waals surface area contributed by atoms with E-state index in [0.29, 0.717) is 0 Å². The normalized spacial score (nSPS) is 20.1. The predicted octanol–water partition coefficient (Wildman–Crippen LogP) is 5.59. The summed E-state index contributed by atoms with van der Waals surface area (Å²) in [5.74, 6) is 1.50. The van der Waals surface area contributed by atoms with Crippen LogP contribution >= 0.6 is 11.6 Å². The minimum absolute atomic E-state index is 0.733. The number of nitrogens with one attached hydrogen (secondary N) is 1. The molecule has 3 nitrogen and oxygen atoms in total. The van der Waals surface area contributed by atoms with Gasteiger partial charge in [-0.25, -0.2) is 0 Å². The lowest BCUT2D eigenvalue weighted by atomic mass is 9.82. The van der Waals surface area contributed by atoms with Gasteiger partial charge in [-0.3, -0.25) is 4.90 Å². The number of rotatable bonds is 7. The molecule has 4 heteroatoms. The average Bonchev–Trinajstić information content (AvgIpc) is 3.18. The quantitative estimate of drug-likeness (QED) is 0.547. The molecule has 0 aliphatic heterocycles. The Hall–Kier alpha value is -1.81. The first-order chi connectivity index (χ1) is 13.7. The number of nitrogens with zero attached hydrogens (tertiary/aromatic N) is 1. The molecule has 1 aromatic heterocycles. The Labute approximate surface area is 172 Å². The molecule has 3 aromatic rings. The molecule has 0 unspecified atom stereocenters. The lowest BCUT2D eigenvalue weighted by molar-refractivity contribution is 0.170. The van der Waals surface area contributed by atoms with Gasteiger partial charge in [-0.05, 0) is 90.9 Å². The van der Waals surface area contributed by atoms with Crippen LogP contribution in [0.15, 0.2) is 54.7 Å². The smallest absolute Gasteiger partial charge is 0.0454 e. The maximum Gasteiger partial charge on any atom is 0.0454 e. The molecule has 1 heterocycles. The second kappa shape index (κ2) is 9.13. The number of nitrogens with two attached hydrogens (primary N) is 1. The SMILES string of the molecule is NCC1CCC(CN(Cc2ccc(Cl)cc2)Cc2ccc3[nH]ccc3c2)CC1. The molecule has 148 valence electrons. The molecule has 2 aromatic carbocycles. The predicted molar refractivity (Wildman–Crippen MR) is 118 cm³/mol. The largest absolute Gasteiger partial charge is 0.361 e. The molecule has 0 bridgehead atoms. The van der Waals surface area contributed by atoms with Crippen molar-refractivity contribution < 1.29 is 0 Å². The molecule has 3 N–H and O–H groups in total. The van der Waals surface area contributed by atoms with Gasteiger partial charge in [0, 0.05) is 36.4 Å². The van der Waals surface area contributed by atoms with Crippen LogP contribution < -0.4 is 5.73 Å². The number of benzene rings is 2. The van der Waals surface area contributed by atoms with Crippen LogP contribution in [0.1, 0.15) is 36.8 Å². The molecule has 0 spiro atoms. The number of H-pyrrole nitrogens is 1. The van der Waals surface area contributed by atoms with Gasteiger partial charge in [0.15, 0.2) is 0 Å². The van der Waals surface area contributed by atoms with Gasteiger partial charge in [-0.2, -0.15) is 0 Å². The van der Waals surface area contributed by atoms with Gasteiger partial charge in [0.05, 0.1) is 0 Å². The summed E-state index contributed by atoms with van der Waals surface area (Å²) in [7, 11) is 0. The van der Waals surface area contributed by atoms with Crippen molar-refractivity contribution in [2.24, 2.45) is 17.6 Å². The van der Waals surface area contributed by atoms with Crippen molar-refractivity contribution in [3.63, 3.8) is 0 Å². The number of fused-ring (bicyclic) bond motifs is 1.